The summed E-state index contributed by atoms with van der Waals surface area (Å²) in [5, 5.41) is 12.1. The molecular formula is C31H23F2N3O5S. The first kappa shape index (κ1) is 28.4. The van der Waals surface area contributed by atoms with Crippen molar-refractivity contribution in [1.82, 2.24) is 9.36 Å². The SMILES string of the molecule is Cc1nsc(-c2ccc(-c3cc(F)c(Oc4ncccc4C(=O)O)c(F)c3)cc2)c1NC(=O)OC(C)c1ccccc1. The van der Waals surface area contributed by atoms with Gasteiger partial charge in [0.1, 0.15) is 11.7 Å². The van der Waals surface area contributed by atoms with E-state index >= 15 is 0 Å². The van der Waals surface area contributed by atoms with Gasteiger partial charge in [-0.25, -0.2) is 23.4 Å². The Kier molecular flexibility index (Phi) is 8.21. The maximum absolute atomic E-state index is 14.9. The lowest BCUT2D eigenvalue weighted by atomic mass is 10.0. The van der Waals surface area contributed by atoms with Gasteiger partial charge in [-0.3, -0.25) is 5.32 Å². The normalized spacial score (nSPS) is 11.5. The van der Waals surface area contributed by atoms with Crippen molar-refractivity contribution in [3.05, 3.63) is 114 Å². The number of carbonyl (C=O) groups excluding carboxylic acids is 1. The molecule has 2 aromatic heterocycles. The highest BCUT2D eigenvalue weighted by Crippen LogP contribution is 2.37. The summed E-state index contributed by atoms with van der Waals surface area (Å²) in [7, 11) is 0. The summed E-state index contributed by atoms with van der Waals surface area (Å²) in [5.41, 5.74) is 3.13. The zero-order valence-corrected chi connectivity index (χ0v) is 23.1. The average molecular weight is 588 g/mol. The molecule has 8 nitrogen and oxygen atoms in total. The Bertz CT molecular complexity index is 1740. The Hall–Kier alpha value is -5.16. The number of ether oxygens (including phenoxy) is 2. The fourth-order valence-electron chi connectivity index (χ4n) is 4.17. The van der Waals surface area contributed by atoms with E-state index in [0.29, 0.717) is 21.8 Å². The Morgan fingerprint density at radius 1 is 0.929 bits per heavy atom. The molecule has 1 unspecified atom stereocenters. The minimum Gasteiger partial charge on any atom is -0.477 e. The van der Waals surface area contributed by atoms with E-state index in [2.05, 4.69) is 14.7 Å². The number of hydrogen-bond donors (Lipinski definition) is 2. The van der Waals surface area contributed by atoms with Gasteiger partial charge in [0.05, 0.1) is 16.3 Å². The predicted octanol–water partition coefficient (Wildman–Crippen LogP) is 8.26. The van der Waals surface area contributed by atoms with Crippen LogP contribution in [-0.4, -0.2) is 26.5 Å². The number of halogens is 2. The molecule has 0 aliphatic carbocycles. The number of pyridine rings is 1. The standard InChI is InChI=1S/C31H23F2N3O5S/c1-17-26(35-31(39)40-18(2)19-7-4-3-5-8-19)28(42-36-17)21-12-10-20(11-13-21)22-15-24(32)27(25(33)16-22)41-29-23(30(37)38)9-6-14-34-29/h3-16,18H,1-2H3,(H,35,39)(H,37,38). The van der Waals surface area contributed by atoms with Crippen LogP contribution in [0.2, 0.25) is 0 Å². The molecule has 2 N–H and O–H groups in total. The van der Waals surface area contributed by atoms with Gasteiger partial charge in [-0.15, -0.1) is 0 Å². The zero-order chi connectivity index (χ0) is 29.8. The summed E-state index contributed by atoms with van der Waals surface area (Å²) >= 11 is 1.19. The molecule has 1 atom stereocenters. The molecule has 0 aliphatic rings. The van der Waals surface area contributed by atoms with E-state index in [9.17, 15) is 23.5 Å². The molecular weight excluding hydrogens is 564 g/mol. The monoisotopic (exact) mass is 587 g/mol. The molecule has 212 valence electrons. The van der Waals surface area contributed by atoms with E-state index in [1.54, 1.807) is 38.1 Å². The number of carboxylic acid groups (broad SMARTS) is 1. The minimum absolute atomic E-state index is 0.237. The van der Waals surface area contributed by atoms with Crippen molar-refractivity contribution >= 4 is 29.3 Å². The molecule has 0 saturated heterocycles. The van der Waals surface area contributed by atoms with Gasteiger partial charge in [-0.2, -0.15) is 4.37 Å². The van der Waals surface area contributed by atoms with E-state index < -0.39 is 41.4 Å². The van der Waals surface area contributed by atoms with E-state index in [1.165, 1.54) is 29.9 Å². The third-order valence-electron chi connectivity index (χ3n) is 6.32. The number of benzene rings is 3. The first-order valence-corrected chi connectivity index (χ1v) is 13.4. The number of carboxylic acids is 1. The van der Waals surface area contributed by atoms with Crippen molar-refractivity contribution in [3.8, 4) is 33.2 Å². The molecule has 0 saturated carbocycles. The van der Waals surface area contributed by atoms with Gasteiger partial charge in [-0.1, -0.05) is 54.6 Å². The summed E-state index contributed by atoms with van der Waals surface area (Å²) in [6.45, 7) is 3.55. The number of amides is 1. The number of nitrogens with zero attached hydrogens (tertiary/aromatic N) is 2. The molecule has 11 heteroatoms. The van der Waals surface area contributed by atoms with Crippen LogP contribution in [0.3, 0.4) is 0 Å². The lowest BCUT2D eigenvalue weighted by molar-refractivity contribution is 0.0693. The summed E-state index contributed by atoms with van der Waals surface area (Å²) in [6.07, 6.45) is 0.177. The van der Waals surface area contributed by atoms with Gasteiger partial charge in [0.25, 0.3) is 0 Å². The van der Waals surface area contributed by atoms with E-state index in [-0.39, 0.29) is 11.1 Å². The largest absolute Gasteiger partial charge is 0.477 e. The Morgan fingerprint density at radius 2 is 1.60 bits per heavy atom. The number of anilines is 1. The second kappa shape index (κ2) is 12.1. The maximum atomic E-state index is 14.9. The van der Waals surface area contributed by atoms with Gasteiger partial charge in [0.15, 0.2) is 11.6 Å². The smallest absolute Gasteiger partial charge is 0.412 e. The molecule has 3 aromatic carbocycles. The van der Waals surface area contributed by atoms with Crippen LogP contribution in [-0.2, 0) is 4.74 Å². The highest BCUT2D eigenvalue weighted by molar-refractivity contribution is 7.10. The zero-order valence-electron chi connectivity index (χ0n) is 22.3. The van der Waals surface area contributed by atoms with Crippen molar-refractivity contribution in [2.45, 2.75) is 20.0 Å². The summed E-state index contributed by atoms with van der Waals surface area (Å²) in [4.78, 5) is 28.5. The van der Waals surface area contributed by atoms with Crippen LogP contribution in [0.25, 0.3) is 21.6 Å². The van der Waals surface area contributed by atoms with Gasteiger partial charge in [-0.05, 0) is 71.9 Å². The number of aryl methyl sites for hydroxylation is 1. The van der Waals surface area contributed by atoms with Crippen molar-refractivity contribution in [3.63, 3.8) is 0 Å². The Labute approximate surface area is 243 Å². The predicted molar refractivity (Wildman–Crippen MR) is 154 cm³/mol. The molecule has 0 aliphatic heterocycles. The van der Waals surface area contributed by atoms with Crippen LogP contribution in [0.4, 0.5) is 19.3 Å². The molecule has 0 bridgehead atoms. The summed E-state index contributed by atoms with van der Waals surface area (Å²) in [5.74, 6) is -4.58. The van der Waals surface area contributed by atoms with Crippen LogP contribution in [0.5, 0.6) is 11.6 Å². The van der Waals surface area contributed by atoms with Crippen LogP contribution >= 0.6 is 11.5 Å². The van der Waals surface area contributed by atoms with Crippen molar-refractivity contribution in [1.29, 1.82) is 0 Å². The number of aromatic nitrogens is 2. The number of carbonyl (C=O) groups is 2. The van der Waals surface area contributed by atoms with Crippen LogP contribution in [0.1, 0.15) is 34.6 Å². The highest BCUT2D eigenvalue weighted by Gasteiger charge is 2.21. The minimum atomic E-state index is -1.34. The fourth-order valence-corrected chi connectivity index (χ4v) is 5.02. The Balaban J connectivity index is 1.34. The molecule has 2 heterocycles. The summed E-state index contributed by atoms with van der Waals surface area (Å²) < 4.78 is 45.0. The molecule has 0 fully saturated rings. The molecule has 1 amide bonds. The van der Waals surface area contributed by atoms with E-state index in [4.69, 9.17) is 9.47 Å². The first-order valence-electron chi connectivity index (χ1n) is 12.7. The van der Waals surface area contributed by atoms with Crippen molar-refractivity contribution in [2.24, 2.45) is 0 Å². The van der Waals surface area contributed by atoms with Crippen LogP contribution in [0, 0.1) is 18.6 Å². The molecule has 0 radical (unpaired) electrons. The topological polar surface area (TPSA) is 111 Å². The molecule has 5 aromatic rings. The van der Waals surface area contributed by atoms with Gasteiger partial charge in [0.2, 0.25) is 11.6 Å². The third kappa shape index (κ3) is 6.11. The lowest BCUT2D eigenvalue weighted by Gasteiger charge is -2.15. The van der Waals surface area contributed by atoms with Crippen LogP contribution < -0.4 is 10.1 Å². The summed E-state index contributed by atoms with van der Waals surface area (Å²) in [6, 6.07) is 21.0. The van der Waals surface area contributed by atoms with Gasteiger partial charge >= 0.3 is 12.1 Å². The first-order chi connectivity index (χ1) is 20.2. The number of nitrogens with one attached hydrogen (secondary N) is 1. The van der Waals surface area contributed by atoms with E-state index in [1.807, 2.05) is 30.3 Å². The average Bonchev–Trinajstić information content (AvgIpc) is 3.34. The van der Waals surface area contributed by atoms with Crippen molar-refractivity contribution < 1.29 is 33.0 Å². The van der Waals surface area contributed by atoms with Gasteiger partial charge < -0.3 is 14.6 Å². The van der Waals surface area contributed by atoms with Crippen molar-refractivity contribution in [2.75, 3.05) is 5.32 Å². The Morgan fingerprint density at radius 3 is 2.26 bits per heavy atom. The van der Waals surface area contributed by atoms with E-state index in [0.717, 1.165) is 23.3 Å². The second-order valence-corrected chi connectivity index (χ2v) is 9.94. The number of hydrogen-bond acceptors (Lipinski definition) is 7. The fraction of sp³-hybridized carbons (Fsp3) is 0.0968. The third-order valence-corrected chi connectivity index (χ3v) is 7.31. The molecule has 42 heavy (non-hydrogen) atoms. The maximum Gasteiger partial charge on any atom is 0.412 e. The number of aromatic carboxylic acids is 1. The number of rotatable bonds is 8. The molecule has 0 spiro atoms. The highest BCUT2D eigenvalue weighted by atomic mass is 32.1. The lowest BCUT2D eigenvalue weighted by Crippen LogP contribution is -2.16. The molecule has 5 rings (SSSR count). The van der Waals surface area contributed by atoms with Gasteiger partial charge in [0, 0.05) is 6.20 Å². The second-order valence-electron chi connectivity index (χ2n) is 9.17. The quantitative estimate of drug-likeness (QED) is 0.188. The van der Waals surface area contributed by atoms with Crippen LogP contribution in [0.15, 0.2) is 85.1 Å².